The van der Waals surface area contributed by atoms with Crippen molar-refractivity contribution in [3.63, 3.8) is 0 Å². The summed E-state index contributed by atoms with van der Waals surface area (Å²) in [5.41, 5.74) is 0.720. The van der Waals surface area contributed by atoms with Crippen LogP contribution in [0.15, 0.2) is 30.3 Å². The van der Waals surface area contributed by atoms with Crippen LogP contribution in [0.2, 0.25) is 0 Å². The molecule has 0 saturated heterocycles. The lowest BCUT2D eigenvalue weighted by atomic mass is 9.76. The van der Waals surface area contributed by atoms with Crippen molar-refractivity contribution in [2.45, 2.75) is 32.6 Å². The Hall–Kier alpha value is -1.44. The summed E-state index contributed by atoms with van der Waals surface area (Å²) in [5.74, 6) is 0.658. The molecular weight excluding hydrogens is 212 g/mol. The zero-order valence-corrected chi connectivity index (χ0v) is 10.2. The minimum atomic E-state index is -0.0588. The van der Waals surface area contributed by atoms with Crippen molar-refractivity contribution < 1.29 is 9.59 Å². The van der Waals surface area contributed by atoms with Gasteiger partial charge in [-0.15, -0.1) is 0 Å². The van der Waals surface area contributed by atoms with Gasteiger partial charge in [0.15, 0.2) is 5.78 Å². The molecule has 1 fully saturated rings. The highest BCUT2D eigenvalue weighted by atomic mass is 16.1. The van der Waals surface area contributed by atoms with E-state index in [4.69, 9.17) is 0 Å². The molecule has 0 amide bonds. The molecule has 0 N–H and O–H groups in total. The lowest BCUT2D eigenvalue weighted by molar-refractivity contribution is -0.126. The van der Waals surface area contributed by atoms with Crippen molar-refractivity contribution in [2.75, 3.05) is 0 Å². The summed E-state index contributed by atoms with van der Waals surface area (Å²) in [5, 5.41) is 0. The summed E-state index contributed by atoms with van der Waals surface area (Å²) in [6.07, 6.45) is 3.08. The van der Waals surface area contributed by atoms with Crippen LogP contribution in [0.4, 0.5) is 0 Å². The first-order valence-corrected chi connectivity index (χ1v) is 6.29. The normalized spacial score (nSPS) is 24.6. The molecule has 2 nitrogen and oxygen atoms in total. The zero-order valence-electron chi connectivity index (χ0n) is 10.2. The summed E-state index contributed by atoms with van der Waals surface area (Å²) < 4.78 is 0. The van der Waals surface area contributed by atoms with Gasteiger partial charge in [0.05, 0.1) is 0 Å². The molecule has 1 aliphatic carbocycles. The van der Waals surface area contributed by atoms with E-state index >= 15 is 0 Å². The summed E-state index contributed by atoms with van der Waals surface area (Å²) in [6, 6.07) is 9.25. The van der Waals surface area contributed by atoms with Gasteiger partial charge in [0.2, 0.25) is 0 Å². The van der Waals surface area contributed by atoms with Crippen LogP contribution in [0.5, 0.6) is 0 Å². The first kappa shape index (κ1) is 12.0. The molecule has 0 heterocycles. The highest BCUT2D eigenvalue weighted by Crippen LogP contribution is 2.30. The van der Waals surface area contributed by atoms with E-state index in [0.29, 0.717) is 18.8 Å². The summed E-state index contributed by atoms with van der Waals surface area (Å²) in [7, 11) is 0. The highest BCUT2D eigenvalue weighted by molar-refractivity contribution is 5.99. The predicted octanol–water partition coefficient (Wildman–Crippen LogP) is 3.26. The Balaban J connectivity index is 2.05. The third-order valence-corrected chi connectivity index (χ3v) is 3.68. The maximum atomic E-state index is 12.1. The maximum Gasteiger partial charge on any atom is 0.163 e. The molecule has 2 atom stereocenters. The average Bonchev–Trinajstić information content (AvgIpc) is 2.35. The number of ketones is 2. The fraction of sp³-hybridized carbons (Fsp3) is 0.467. The number of rotatable bonds is 3. The average molecular weight is 230 g/mol. The third kappa shape index (κ3) is 2.82. The second kappa shape index (κ2) is 5.26. The SMILES string of the molecule is CC1CCCC(=O)C1CC(=O)c1ccccc1. The Bertz CT molecular complexity index is 408. The van der Waals surface area contributed by atoms with Crippen molar-refractivity contribution in [1.29, 1.82) is 0 Å². The fourth-order valence-corrected chi connectivity index (χ4v) is 2.56. The van der Waals surface area contributed by atoms with Gasteiger partial charge in [0, 0.05) is 24.3 Å². The molecule has 1 aliphatic rings. The minimum Gasteiger partial charge on any atom is -0.299 e. The van der Waals surface area contributed by atoms with Crippen molar-refractivity contribution in [3.05, 3.63) is 35.9 Å². The molecule has 0 spiro atoms. The molecule has 1 saturated carbocycles. The molecule has 0 aliphatic heterocycles. The monoisotopic (exact) mass is 230 g/mol. The number of benzene rings is 1. The molecule has 17 heavy (non-hydrogen) atoms. The van der Waals surface area contributed by atoms with Crippen molar-refractivity contribution >= 4 is 11.6 Å². The van der Waals surface area contributed by atoms with Gasteiger partial charge in [-0.2, -0.15) is 0 Å². The topological polar surface area (TPSA) is 34.1 Å². The van der Waals surface area contributed by atoms with Gasteiger partial charge in [0.25, 0.3) is 0 Å². The van der Waals surface area contributed by atoms with Gasteiger partial charge in [0.1, 0.15) is 5.78 Å². The number of Topliss-reactive ketones (excluding diaryl/α,β-unsaturated/α-hetero) is 2. The quantitative estimate of drug-likeness (QED) is 0.747. The van der Waals surface area contributed by atoms with Gasteiger partial charge >= 0.3 is 0 Å². The van der Waals surface area contributed by atoms with Crippen LogP contribution < -0.4 is 0 Å². The predicted molar refractivity (Wildman–Crippen MR) is 66.9 cm³/mol. The van der Waals surface area contributed by atoms with Gasteiger partial charge in [-0.1, -0.05) is 37.3 Å². The van der Waals surface area contributed by atoms with Crippen molar-refractivity contribution in [3.8, 4) is 0 Å². The van der Waals surface area contributed by atoms with Gasteiger partial charge in [-0.05, 0) is 18.8 Å². The molecule has 2 unspecified atom stereocenters. The number of hydrogen-bond donors (Lipinski definition) is 0. The second-order valence-electron chi connectivity index (χ2n) is 4.94. The maximum absolute atomic E-state index is 12.1. The highest BCUT2D eigenvalue weighted by Gasteiger charge is 2.30. The smallest absolute Gasteiger partial charge is 0.163 e. The first-order chi connectivity index (χ1) is 8.18. The van der Waals surface area contributed by atoms with Crippen molar-refractivity contribution in [1.82, 2.24) is 0 Å². The van der Waals surface area contributed by atoms with E-state index in [1.807, 2.05) is 30.3 Å². The molecule has 0 bridgehead atoms. The van der Waals surface area contributed by atoms with E-state index in [2.05, 4.69) is 6.92 Å². The molecule has 1 aromatic carbocycles. The molecular formula is C15H18O2. The molecule has 0 aromatic heterocycles. The van der Waals surface area contributed by atoms with Gasteiger partial charge in [-0.25, -0.2) is 0 Å². The Morgan fingerprint density at radius 1 is 1.29 bits per heavy atom. The third-order valence-electron chi connectivity index (χ3n) is 3.68. The lowest BCUT2D eigenvalue weighted by Gasteiger charge is -2.26. The second-order valence-corrected chi connectivity index (χ2v) is 4.94. The van der Waals surface area contributed by atoms with E-state index in [9.17, 15) is 9.59 Å². The van der Waals surface area contributed by atoms with Crippen LogP contribution in [0.25, 0.3) is 0 Å². The number of carbonyl (C=O) groups excluding carboxylic acids is 2. The zero-order chi connectivity index (χ0) is 12.3. The molecule has 1 aromatic rings. The Morgan fingerprint density at radius 2 is 2.00 bits per heavy atom. The van der Waals surface area contributed by atoms with E-state index in [1.165, 1.54) is 0 Å². The van der Waals surface area contributed by atoms with E-state index in [-0.39, 0.29) is 17.5 Å². The summed E-state index contributed by atoms with van der Waals surface area (Å²) in [6.45, 7) is 2.08. The van der Waals surface area contributed by atoms with Crippen LogP contribution in [0, 0.1) is 11.8 Å². The van der Waals surface area contributed by atoms with E-state index < -0.39 is 0 Å². The lowest BCUT2D eigenvalue weighted by Crippen LogP contribution is -2.28. The van der Waals surface area contributed by atoms with Crippen LogP contribution in [-0.2, 0) is 4.79 Å². The fourth-order valence-electron chi connectivity index (χ4n) is 2.56. The van der Waals surface area contributed by atoms with Crippen LogP contribution in [-0.4, -0.2) is 11.6 Å². The van der Waals surface area contributed by atoms with Gasteiger partial charge in [-0.3, -0.25) is 9.59 Å². The van der Waals surface area contributed by atoms with Gasteiger partial charge < -0.3 is 0 Å². The Morgan fingerprint density at radius 3 is 2.65 bits per heavy atom. The molecule has 2 heteroatoms. The summed E-state index contributed by atoms with van der Waals surface area (Å²) >= 11 is 0. The minimum absolute atomic E-state index is 0.0588. The largest absolute Gasteiger partial charge is 0.299 e. The Kier molecular flexibility index (Phi) is 3.72. The number of hydrogen-bond acceptors (Lipinski definition) is 2. The van der Waals surface area contributed by atoms with Crippen LogP contribution in [0.3, 0.4) is 0 Å². The summed E-state index contributed by atoms with van der Waals surface area (Å²) in [4.78, 5) is 23.9. The molecule has 0 radical (unpaired) electrons. The van der Waals surface area contributed by atoms with Crippen molar-refractivity contribution in [2.24, 2.45) is 11.8 Å². The van der Waals surface area contributed by atoms with E-state index in [0.717, 1.165) is 18.4 Å². The standard InChI is InChI=1S/C15H18O2/c1-11-6-5-9-14(16)13(11)10-15(17)12-7-3-2-4-8-12/h2-4,7-8,11,13H,5-6,9-10H2,1H3. The number of carbonyl (C=O) groups is 2. The van der Waals surface area contributed by atoms with Crippen LogP contribution >= 0.6 is 0 Å². The van der Waals surface area contributed by atoms with E-state index in [1.54, 1.807) is 0 Å². The Labute approximate surface area is 102 Å². The molecule has 2 rings (SSSR count). The van der Waals surface area contributed by atoms with Crippen LogP contribution in [0.1, 0.15) is 43.0 Å². The first-order valence-electron chi connectivity index (χ1n) is 6.29. The molecule has 90 valence electrons.